The van der Waals surface area contributed by atoms with Crippen LogP contribution in [0.3, 0.4) is 0 Å². The summed E-state index contributed by atoms with van der Waals surface area (Å²) in [6.45, 7) is 8.03. The molecule has 4 N–H and O–H groups in total. The van der Waals surface area contributed by atoms with Gasteiger partial charge in [-0.1, -0.05) is 35.4 Å². The minimum absolute atomic E-state index is 0.0427. The third-order valence-corrected chi connectivity index (χ3v) is 7.68. The maximum Gasteiger partial charge on any atom is 0.331 e. The number of aliphatic hydroxyl groups is 1. The van der Waals surface area contributed by atoms with E-state index in [1.807, 2.05) is 6.92 Å². The Morgan fingerprint density at radius 1 is 1.15 bits per heavy atom. The zero-order valence-electron chi connectivity index (χ0n) is 22.9. The molecule has 2 aliphatic rings. The number of aliphatic carboxylic acids is 1. The SMILES string of the molecule is CC(C)=CCCC(C)=CCCC1(C)Oc2c(c(O)cc3c2CN(C(C(=O)O)c2cccc(O)c2)C3=O)CC1O. The number of hydrogen-bond donors (Lipinski definition) is 4. The first kappa shape index (κ1) is 28.2. The summed E-state index contributed by atoms with van der Waals surface area (Å²) in [6, 6.07) is 5.80. The van der Waals surface area contributed by atoms with Gasteiger partial charge in [-0.15, -0.1) is 0 Å². The zero-order valence-corrected chi connectivity index (χ0v) is 22.9. The van der Waals surface area contributed by atoms with E-state index in [4.69, 9.17) is 4.74 Å². The Morgan fingerprint density at radius 2 is 1.90 bits per heavy atom. The molecule has 8 heteroatoms. The average Bonchev–Trinajstić information content (AvgIpc) is 3.16. The van der Waals surface area contributed by atoms with E-state index in [1.54, 1.807) is 6.07 Å². The second kappa shape index (κ2) is 11.1. The van der Waals surface area contributed by atoms with Crippen LogP contribution in [0.2, 0.25) is 0 Å². The number of carboxylic acid groups (broad SMARTS) is 1. The predicted molar refractivity (Wildman–Crippen MR) is 147 cm³/mol. The van der Waals surface area contributed by atoms with E-state index in [0.29, 0.717) is 29.7 Å². The molecule has 0 bridgehead atoms. The molecule has 2 aromatic rings. The van der Waals surface area contributed by atoms with Gasteiger partial charge in [0, 0.05) is 17.5 Å². The van der Waals surface area contributed by atoms with Gasteiger partial charge in [0.2, 0.25) is 0 Å². The fourth-order valence-corrected chi connectivity index (χ4v) is 5.38. The Kier molecular flexibility index (Phi) is 8.07. The van der Waals surface area contributed by atoms with Crippen LogP contribution >= 0.6 is 0 Å². The molecule has 0 radical (unpaired) electrons. The summed E-state index contributed by atoms with van der Waals surface area (Å²) in [5, 5.41) is 41.7. The minimum Gasteiger partial charge on any atom is -0.508 e. The molecule has 8 nitrogen and oxygen atoms in total. The monoisotopic (exact) mass is 535 g/mol. The van der Waals surface area contributed by atoms with Crippen LogP contribution in [0.5, 0.6) is 17.2 Å². The van der Waals surface area contributed by atoms with Crippen molar-refractivity contribution < 1.29 is 34.8 Å². The van der Waals surface area contributed by atoms with Gasteiger partial charge in [-0.05, 0) is 77.1 Å². The second-order valence-corrected chi connectivity index (χ2v) is 11.0. The Morgan fingerprint density at radius 3 is 2.56 bits per heavy atom. The number of benzene rings is 2. The van der Waals surface area contributed by atoms with E-state index in [2.05, 4.69) is 32.9 Å². The van der Waals surface area contributed by atoms with Gasteiger partial charge in [0.1, 0.15) is 22.8 Å². The van der Waals surface area contributed by atoms with Crippen molar-refractivity contribution in [2.45, 2.75) is 84.1 Å². The highest BCUT2D eigenvalue weighted by molar-refractivity contribution is 6.02. The van der Waals surface area contributed by atoms with Crippen LogP contribution in [-0.4, -0.2) is 48.9 Å². The Balaban J connectivity index is 1.60. The van der Waals surface area contributed by atoms with Crippen molar-refractivity contribution in [3.63, 3.8) is 0 Å². The van der Waals surface area contributed by atoms with Gasteiger partial charge < -0.3 is 30.1 Å². The normalized spacial score (nSPS) is 21.2. The molecule has 2 aromatic carbocycles. The van der Waals surface area contributed by atoms with Crippen molar-refractivity contribution >= 4 is 11.9 Å². The summed E-state index contributed by atoms with van der Waals surface area (Å²) < 4.78 is 6.40. The molecule has 4 rings (SSSR count). The first-order chi connectivity index (χ1) is 18.4. The van der Waals surface area contributed by atoms with Crippen molar-refractivity contribution in [1.29, 1.82) is 0 Å². The number of carboxylic acids is 1. The van der Waals surface area contributed by atoms with Gasteiger partial charge in [0.15, 0.2) is 6.04 Å². The summed E-state index contributed by atoms with van der Waals surface area (Å²) >= 11 is 0. The summed E-state index contributed by atoms with van der Waals surface area (Å²) in [5.41, 5.74) is 2.92. The fraction of sp³-hybridized carbons (Fsp3) is 0.419. The van der Waals surface area contributed by atoms with Gasteiger partial charge in [0.05, 0.1) is 18.2 Å². The lowest BCUT2D eigenvalue weighted by molar-refractivity contribution is -0.142. The number of nitrogens with zero attached hydrogens (tertiary/aromatic N) is 1. The summed E-state index contributed by atoms with van der Waals surface area (Å²) in [7, 11) is 0. The van der Waals surface area contributed by atoms with Gasteiger partial charge in [0.25, 0.3) is 5.91 Å². The third kappa shape index (κ3) is 5.81. The maximum absolute atomic E-state index is 13.4. The molecule has 39 heavy (non-hydrogen) atoms. The predicted octanol–water partition coefficient (Wildman–Crippen LogP) is 5.41. The molecule has 1 amide bonds. The van der Waals surface area contributed by atoms with Crippen LogP contribution in [0.1, 0.15) is 86.5 Å². The Hall–Kier alpha value is -3.78. The molecule has 0 aromatic heterocycles. The lowest BCUT2D eigenvalue weighted by atomic mass is 9.84. The highest BCUT2D eigenvalue weighted by Gasteiger charge is 2.46. The number of phenolic OH excluding ortho intramolecular Hbond substituents is 2. The van der Waals surface area contributed by atoms with Crippen molar-refractivity contribution in [3.05, 3.63) is 75.9 Å². The number of hydrogen-bond acceptors (Lipinski definition) is 6. The number of carbonyl (C=O) groups is 2. The zero-order chi connectivity index (χ0) is 28.5. The summed E-state index contributed by atoms with van der Waals surface area (Å²) in [5.74, 6) is -1.73. The Labute approximate surface area is 228 Å². The van der Waals surface area contributed by atoms with Gasteiger partial charge in [-0.3, -0.25) is 4.79 Å². The first-order valence-corrected chi connectivity index (χ1v) is 13.3. The van der Waals surface area contributed by atoms with E-state index in [-0.39, 0.29) is 35.6 Å². The molecular formula is C31H37NO7. The molecule has 0 spiro atoms. The molecule has 2 aliphatic heterocycles. The molecule has 0 saturated carbocycles. The molecule has 3 unspecified atom stereocenters. The highest BCUT2D eigenvalue weighted by atomic mass is 16.5. The molecule has 0 fully saturated rings. The van der Waals surface area contributed by atoms with Gasteiger partial charge in [-0.2, -0.15) is 0 Å². The van der Waals surface area contributed by atoms with Crippen molar-refractivity contribution in [1.82, 2.24) is 4.90 Å². The number of phenols is 2. The molecular weight excluding hydrogens is 498 g/mol. The van der Waals surface area contributed by atoms with Crippen LogP contribution in [0.4, 0.5) is 0 Å². The van der Waals surface area contributed by atoms with Crippen LogP contribution in [0, 0.1) is 0 Å². The molecule has 0 aliphatic carbocycles. The smallest absolute Gasteiger partial charge is 0.331 e. The van der Waals surface area contributed by atoms with E-state index in [1.165, 1.54) is 40.3 Å². The first-order valence-electron chi connectivity index (χ1n) is 13.3. The number of aliphatic hydroxyl groups excluding tert-OH is 1. The van der Waals surface area contributed by atoms with Crippen LogP contribution in [0.25, 0.3) is 0 Å². The van der Waals surface area contributed by atoms with Crippen LogP contribution in [-0.2, 0) is 17.8 Å². The number of fused-ring (bicyclic) bond motifs is 3. The van der Waals surface area contributed by atoms with Crippen LogP contribution in [0.15, 0.2) is 53.6 Å². The standard InChI is InChI=1S/C31H37NO7/c1-18(2)8-5-9-19(3)10-7-13-31(4)26(35)16-23-25(34)15-22-24(28(23)39-31)17-32(29(22)36)27(30(37)38)20-11-6-12-21(33)14-20/h6,8,10-12,14-15,26-27,33-35H,5,7,9,13,16-17H2,1-4H3,(H,37,38). The second-order valence-electron chi connectivity index (χ2n) is 11.0. The highest BCUT2D eigenvalue weighted by Crippen LogP contribution is 2.47. The largest absolute Gasteiger partial charge is 0.508 e. The minimum atomic E-state index is -1.34. The number of aromatic hydroxyl groups is 2. The van der Waals surface area contributed by atoms with Crippen molar-refractivity contribution in [2.75, 3.05) is 0 Å². The molecule has 208 valence electrons. The molecule has 2 heterocycles. The average molecular weight is 536 g/mol. The summed E-state index contributed by atoms with van der Waals surface area (Å²) in [6.07, 6.45) is 6.78. The quantitative estimate of drug-likeness (QED) is 0.316. The van der Waals surface area contributed by atoms with E-state index < -0.39 is 29.6 Å². The number of carbonyl (C=O) groups excluding carboxylic acids is 1. The summed E-state index contributed by atoms with van der Waals surface area (Å²) in [4.78, 5) is 26.9. The number of rotatable bonds is 9. The van der Waals surface area contributed by atoms with E-state index in [9.17, 15) is 30.0 Å². The topological polar surface area (TPSA) is 128 Å². The molecule has 0 saturated heterocycles. The lowest BCUT2D eigenvalue weighted by Crippen LogP contribution is -2.49. The fourth-order valence-electron chi connectivity index (χ4n) is 5.38. The lowest BCUT2D eigenvalue weighted by Gasteiger charge is -2.41. The number of allylic oxidation sites excluding steroid dienone is 4. The van der Waals surface area contributed by atoms with Gasteiger partial charge >= 0.3 is 5.97 Å². The van der Waals surface area contributed by atoms with E-state index >= 15 is 0 Å². The molecule has 3 atom stereocenters. The maximum atomic E-state index is 13.4. The van der Waals surface area contributed by atoms with Crippen LogP contribution < -0.4 is 4.74 Å². The number of ether oxygens (including phenoxy) is 1. The number of amides is 1. The van der Waals surface area contributed by atoms with Gasteiger partial charge in [-0.25, -0.2) is 4.79 Å². The van der Waals surface area contributed by atoms with E-state index in [0.717, 1.165) is 12.8 Å². The third-order valence-electron chi connectivity index (χ3n) is 7.68. The van der Waals surface area contributed by atoms with Crippen molar-refractivity contribution in [2.24, 2.45) is 0 Å². The van der Waals surface area contributed by atoms with Crippen molar-refractivity contribution in [3.8, 4) is 17.2 Å². The Bertz CT molecular complexity index is 1340.